The van der Waals surface area contributed by atoms with E-state index < -0.39 is 0 Å². The zero-order valence-electron chi connectivity index (χ0n) is 12.8. The average Bonchev–Trinajstić information content (AvgIpc) is 2.52. The number of hydrogen-bond donors (Lipinski definition) is 1. The number of benzene rings is 1. The van der Waals surface area contributed by atoms with Gasteiger partial charge in [0.25, 0.3) is 0 Å². The fourth-order valence-electron chi connectivity index (χ4n) is 2.49. The van der Waals surface area contributed by atoms with Crippen LogP contribution in [0.2, 0.25) is 0 Å². The van der Waals surface area contributed by atoms with E-state index in [4.69, 9.17) is 4.74 Å². The van der Waals surface area contributed by atoms with Crippen LogP contribution in [0.5, 0.6) is 5.75 Å². The fourth-order valence-corrected chi connectivity index (χ4v) is 2.87. The molecule has 1 heterocycles. The van der Waals surface area contributed by atoms with Gasteiger partial charge in [-0.25, -0.2) is 0 Å². The second-order valence-corrected chi connectivity index (χ2v) is 6.07. The van der Waals surface area contributed by atoms with Crippen LogP contribution in [0, 0.1) is 0 Å². The van der Waals surface area contributed by atoms with Gasteiger partial charge in [0.1, 0.15) is 5.75 Å². The Kier molecular flexibility index (Phi) is 7.93. The first-order chi connectivity index (χ1) is 10.1. The van der Waals surface area contributed by atoms with E-state index >= 15 is 0 Å². The predicted molar refractivity (Wildman–Crippen MR) is 95.6 cm³/mol. The molecule has 1 aliphatic rings. The molecule has 1 N–H and O–H groups in total. The highest BCUT2D eigenvalue weighted by Gasteiger charge is 2.20. The fraction of sp³-hybridized carbons (Fsp3) is 0.438. The molecule has 0 atom stereocenters. The molecule has 0 aliphatic carbocycles. The van der Waals surface area contributed by atoms with Gasteiger partial charge in [-0.2, -0.15) is 0 Å². The van der Waals surface area contributed by atoms with Crippen molar-refractivity contribution in [2.45, 2.75) is 18.9 Å². The van der Waals surface area contributed by atoms with Crippen LogP contribution in [0.4, 0.5) is 0 Å². The van der Waals surface area contributed by atoms with Gasteiger partial charge in [0, 0.05) is 29.2 Å². The van der Waals surface area contributed by atoms with Gasteiger partial charge in [0.15, 0.2) is 0 Å². The van der Waals surface area contributed by atoms with Crippen LogP contribution < -0.4 is 10.1 Å². The summed E-state index contributed by atoms with van der Waals surface area (Å²) in [6, 6.07) is 6.06. The molecule has 6 heteroatoms. The van der Waals surface area contributed by atoms with Gasteiger partial charge in [0.2, 0.25) is 5.91 Å². The Morgan fingerprint density at radius 2 is 2.09 bits per heavy atom. The number of ether oxygens (including phenoxy) is 1. The summed E-state index contributed by atoms with van der Waals surface area (Å²) < 4.78 is 6.26. The Balaban J connectivity index is 0.00000242. The SMILES string of the molecule is COc1ccc(Br)cc1/C=C/C(=O)N(C)C1CCNCC1.Cl. The number of amides is 1. The number of nitrogens with zero attached hydrogens (tertiary/aromatic N) is 1. The van der Waals surface area contributed by atoms with Gasteiger partial charge >= 0.3 is 0 Å². The lowest BCUT2D eigenvalue weighted by atomic mass is 10.1. The summed E-state index contributed by atoms with van der Waals surface area (Å²) in [6.07, 6.45) is 5.45. The zero-order valence-corrected chi connectivity index (χ0v) is 15.2. The molecule has 1 aromatic rings. The average molecular weight is 390 g/mol. The van der Waals surface area contributed by atoms with Crippen LogP contribution >= 0.6 is 28.3 Å². The summed E-state index contributed by atoms with van der Waals surface area (Å²) in [5, 5.41) is 3.31. The van der Waals surface area contributed by atoms with Gasteiger partial charge in [0.05, 0.1) is 7.11 Å². The van der Waals surface area contributed by atoms with Crippen molar-refractivity contribution in [2.24, 2.45) is 0 Å². The van der Waals surface area contributed by atoms with E-state index in [2.05, 4.69) is 21.2 Å². The number of methoxy groups -OCH3 is 1. The summed E-state index contributed by atoms with van der Waals surface area (Å²) in [5.74, 6) is 0.788. The summed E-state index contributed by atoms with van der Waals surface area (Å²) in [7, 11) is 3.50. The maximum atomic E-state index is 12.3. The predicted octanol–water partition coefficient (Wildman–Crippen LogP) is 3.10. The molecule has 0 radical (unpaired) electrons. The second-order valence-electron chi connectivity index (χ2n) is 5.15. The standard InChI is InChI=1S/C16H21BrN2O2.ClH/c1-19(14-7-9-18-10-8-14)16(20)6-3-12-11-13(17)4-5-15(12)21-2;/h3-6,11,14,18H,7-10H2,1-2H3;1H/b6-3+;. The molecule has 1 amide bonds. The lowest BCUT2D eigenvalue weighted by molar-refractivity contribution is -0.127. The lowest BCUT2D eigenvalue weighted by Gasteiger charge is -2.30. The molecule has 0 unspecified atom stereocenters. The van der Waals surface area contributed by atoms with Crippen LogP contribution in [0.1, 0.15) is 18.4 Å². The monoisotopic (exact) mass is 388 g/mol. The van der Waals surface area contributed by atoms with Gasteiger partial charge in [-0.15, -0.1) is 12.4 Å². The number of piperidine rings is 1. The van der Waals surface area contributed by atoms with Crippen molar-refractivity contribution < 1.29 is 9.53 Å². The van der Waals surface area contributed by atoms with E-state index in [1.165, 1.54) is 0 Å². The van der Waals surface area contributed by atoms with Crippen molar-refractivity contribution in [3.05, 3.63) is 34.3 Å². The molecule has 2 rings (SSSR count). The maximum Gasteiger partial charge on any atom is 0.246 e. The number of likely N-dealkylation sites (N-methyl/N-ethyl adjacent to an activating group) is 1. The van der Waals surface area contributed by atoms with E-state index in [0.717, 1.165) is 41.7 Å². The minimum atomic E-state index is 0. The molecule has 1 saturated heterocycles. The highest BCUT2D eigenvalue weighted by Crippen LogP contribution is 2.24. The Hall–Kier alpha value is -1.04. The van der Waals surface area contributed by atoms with Crippen molar-refractivity contribution in [3.63, 3.8) is 0 Å². The first-order valence-corrected chi connectivity index (χ1v) is 7.90. The largest absolute Gasteiger partial charge is 0.496 e. The second kappa shape index (κ2) is 9.18. The number of nitrogens with one attached hydrogen (secondary N) is 1. The van der Waals surface area contributed by atoms with Crippen LogP contribution in [0.15, 0.2) is 28.7 Å². The van der Waals surface area contributed by atoms with Crippen LogP contribution in [0.25, 0.3) is 6.08 Å². The van der Waals surface area contributed by atoms with Gasteiger partial charge in [-0.3, -0.25) is 4.79 Å². The van der Waals surface area contributed by atoms with E-state index in [9.17, 15) is 4.79 Å². The third kappa shape index (κ3) is 5.00. The number of carbonyl (C=O) groups excluding carboxylic acids is 1. The van der Waals surface area contributed by atoms with Crippen molar-refractivity contribution in [3.8, 4) is 5.75 Å². The van der Waals surface area contributed by atoms with Crippen LogP contribution in [-0.4, -0.2) is 44.1 Å². The van der Waals surface area contributed by atoms with Crippen molar-refractivity contribution in [1.82, 2.24) is 10.2 Å². The molecule has 0 bridgehead atoms. The Morgan fingerprint density at radius 3 is 2.73 bits per heavy atom. The van der Waals surface area contributed by atoms with E-state index in [1.807, 2.05) is 36.2 Å². The van der Waals surface area contributed by atoms with Crippen molar-refractivity contribution in [2.75, 3.05) is 27.2 Å². The van der Waals surface area contributed by atoms with E-state index in [0.29, 0.717) is 6.04 Å². The molecule has 22 heavy (non-hydrogen) atoms. The molecule has 0 aromatic heterocycles. The van der Waals surface area contributed by atoms with Gasteiger partial charge in [-0.1, -0.05) is 15.9 Å². The van der Waals surface area contributed by atoms with E-state index in [1.54, 1.807) is 13.2 Å². The van der Waals surface area contributed by atoms with Crippen LogP contribution in [0.3, 0.4) is 0 Å². The van der Waals surface area contributed by atoms with Gasteiger partial charge in [-0.05, 0) is 50.2 Å². The topological polar surface area (TPSA) is 41.6 Å². The third-order valence-corrected chi connectivity index (χ3v) is 4.29. The molecule has 1 aliphatic heterocycles. The molecule has 1 aromatic carbocycles. The smallest absolute Gasteiger partial charge is 0.246 e. The highest BCUT2D eigenvalue weighted by atomic mass is 79.9. The molecule has 122 valence electrons. The van der Waals surface area contributed by atoms with Crippen LogP contribution in [-0.2, 0) is 4.79 Å². The highest BCUT2D eigenvalue weighted by molar-refractivity contribution is 9.10. The zero-order chi connectivity index (χ0) is 15.2. The normalized spacial score (nSPS) is 15.4. The molecule has 4 nitrogen and oxygen atoms in total. The number of rotatable bonds is 4. The Morgan fingerprint density at radius 1 is 1.41 bits per heavy atom. The Bertz CT molecular complexity index is 531. The summed E-state index contributed by atoms with van der Waals surface area (Å²) in [6.45, 7) is 1.96. The minimum absolute atomic E-state index is 0. The first kappa shape index (κ1) is 19.0. The van der Waals surface area contributed by atoms with Crippen molar-refractivity contribution in [1.29, 1.82) is 0 Å². The number of carbonyl (C=O) groups is 1. The van der Waals surface area contributed by atoms with Crippen molar-refractivity contribution >= 4 is 40.3 Å². The first-order valence-electron chi connectivity index (χ1n) is 7.11. The third-order valence-electron chi connectivity index (χ3n) is 3.80. The maximum absolute atomic E-state index is 12.3. The molecule has 1 fully saturated rings. The Labute approximate surface area is 146 Å². The minimum Gasteiger partial charge on any atom is -0.496 e. The van der Waals surface area contributed by atoms with E-state index in [-0.39, 0.29) is 18.3 Å². The summed E-state index contributed by atoms with van der Waals surface area (Å²) >= 11 is 3.43. The molecular formula is C16H22BrClN2O2. The quantitative estimate of drug-likeness (QED) is 0.805. The molecular weight excluding hydrogens is 368 g/mol. The molecule has 0 saturated carbocycles. The number of hydrogen-bond acceptors (Lipinski definition) is 3. The summed E-state index contributed by atoms with van der Waals surface area (Å²) in [4.78, 5) is 14.1. The number of halogens is 2. The van der Waals surface area contributed by atoms with Gasteiger partial charge < -0.3 is 15.0 Å². The molecule has 0 spiro atoms. The lowest BCUT2D eigenvalue weighted by Crippen LogP contribution is -2.43. The summed E-state index contributed by atoms with van der Waals surface area (Å²) in [5.41, 5.74) is 0.888.